The minimum Gasteiger partial charge on any atom is -0.384 e. The van der Waals surface area contributed by atoms with Gasteiger partial charge in [-0.25, -0.2) is 14.4 Å². The van der Waals surface area contributed by atoms with Gasteiger partial charge in [0.25, 0.3) is 0 Å². The van der Waals surface area contributed by atoms with Crippen molar-refractivity contribution in [1.82, 2.24) is 39.6 Å². The number of benzene rings is 2. The summed E-state index contributed by atoms with van der Waals surface area (Å²) in [5.41, 5.74) is 7.14. The molecule has 0 saturated heterocycles. The molecule has 4 heterocycles. The molecule has 0 spiro atoms. The van der Waals surface area contributed by atoms with Crippen molar-refractivity contribution in [3.63, 3.8) is 0 Å². The van der Waals surface area contributed by atoms with Gasteiger partial charge in [0.05, 0.1) is 40.3 Å². The Hall–Kier alpha value is -4.57. The van der Waals surface area contributed by atoms with E-state index in [0.717, 1.165) is 62.5 Å². The van der Waals surface area contributed by atoms with Gasteiger partial charge in [0.1, 0.15) is 17.3 Å². The topological polar surface area (TPSA) is 103 Å². The molecule has 0 aliphatic heterocycles. The van der Waals surface area contributed by atoms with Gasteiger partial charge >= 0.3 is 0 Å². The molecule has 3 N–H and O–H groups in total. The molecule has 6 rings (SSSR count). The van der Waals surface area contributed by atoms with Crippen LogP contribution in [0.1, 0.15) is 5.82 Å². The van der Waals surface area contributed by atoms with Crippen LogP contribution < -0.4 is 5.32 Å². The summed E-state index contributed by atoms with van der Waals surface area (Å²) in [5, 5.41) is 11.8. The van der Waals surface area contributed by atoms with Crippen LogP contribution in [0.5, 0.6) is 0 Å². The molecule has 9 nitrogen and oxygen atoms in total. The van der Waals surface area contributed by atoms with E-state index >= 15 is 0 Å². The molecule has 0 saturated carbocycles. The molecule has 0 aliphatic carbocycles. The zero-order valence-corrected chi connectivity index (χ0v) is 21.7. The number of rotatable bonds is 7. The minimum absolute atomic E-state index is 0.300. The lowest BCUT2D eigenvalue weighted by atomic mass is 10.0. The van der Waals surface area contributed by atoms with Crippen LogP contribution >= 0.6 is 0 Å². The normalized spacial score (nSPS) is 11.7. The number of H-pyrrole nitrogens is 2. The van der Waals surface area contributed by atoms with E-state index < -0.39 is 0 Å². The average Bonchev–Trinajstić information content (AvgIpc) is 3.59. The molecule has 4 aromatic heterocycles. The number of hydrogen-bond donors (Lipinski definition) is 3. The highest BCUT2D eigenvalue weighted by atomic mass is 19.1. The van der Waals surface area contributed by atoms with E-state index in [2.05, 4.69) is 35.4 Å². The number of anilines is 1. The van der Waals surface area contributed by atoms with Crippen LogP contribution in [0.4, 0.5) is 10.1 Å². The Bertz CT molecular complexity index is 1780. The number of aromatic amines is 2. The first-order valence-corrected chi connectivity index (χ1v) is 12.4. The Morgan fingerprint density at radius 1 is 1.05 bits per heavy atom. The highest BCUT2D eigenvalue weighted by Gasteiger charge is 2.17. The largest absolute Gasteiger partial charge is 0.384 e. The second kappa shape index (κ2) is 9.38. The molecule has 192 valence electrons. The van der Waals surface area contributed by atoms with Crippen molar-refractivity contribution < 1.29 is 4.39 Å². The summed E-state index contributed by atoms with van der Waals surface area (Å²) in [4.78, 5) is 19.4. The molecular formula is C28H28FN9. The molecular weight excluding hydrogens is 481 g/mol. The number of hydrogen-bond acceptors (Lipinski definition) is 6. The summed E-state index contributed by atoms with van der Waals surface area (Å²) in [6, 6.07) is 12.9. The number of halogens is 1. The molecule has 10 heteroatoms. The maximum atomic E-state index is 14.6. The number of likely N-dealkylation sites (N-methyl/N-ethyl adjacent to an activating group) is 1. The molecule has 0 amide bonds. The predicted octanol–water partition coefficient (Wildman–Crippen LogP) is 4.99. The SMILES string of the molecule is Cc1ncc(-c2cc3c(-c4nc5c(-c6cc(F)cc(NCCN(C)C)c6)cccc5[nH]4)n[nH]c3cn2)n1C. The first-order valence-electron chi connectivity index (χ1n) is 12.4. The number of para-hydroxylation sites is 1. The van der Waals surface area contributed by atoms with Crippen molar-refractivity contribution in [2.75, 3.05) is 32.5 Å². The summed E-state index contributed by atoms with van der Waals surface area (Å²) in [6.07, 6.45) is 3.59. The highest BCUT2D eigenvalue weighted by Crippen LogP contribution is 2.33. The third kappa shape index (κ3) is 4.28. The van der Waals surface area contributed by atoms with Crippen molar-refractivity contribution in [3.8, 4) is 34.0 Å². The minimum atomic E-state index is -0.300. The monoisotopic (exact) mass is 509 g/mol. The standard InChI is InChI=1S/C28H28FN9/c1-16-31-15-25(38(16)4)23-13-21-24(14-32-23)35-36-27(21)28-33-22-7-5-6-20(26(22)34-28)17-10-18(29)12-19(11-17)30-8-9-37(2)3/h5-7,10-15,30H,8-9H2,1-4H3,(H,33,34)(H,35,36). The fourth-order valence-corrected chi connectivity index (χ4v) is 4.63. The van der Waals surface area contributed by atoms with Crippen LogP contribution in [0.15, 0.2) is 54.9 Å². The van der Waals surface area contributed by atoms with Crippen molar-refractivity contribution in [2.45, 2.75) is 6.92 Å². The number of aryl methyl sites for hydroxylation is 1. The van der Waals surface area contributed by atoms with E-state index in [4.69, 9.17) is 4.98 Å². The maximum absolute atomic E-state index is 14.6. The molecule has 38 heavy (non-hydrogen) atoms. The lowest BCUT2D eigenvalue weighted by molar-refractivity contribution is 0.425. The van der Waals surface area contributed by atoms with Crippen LogP contribution in [0.25, 0.3) is 56.0 Å². The summed E-state index contributed by atoms with van der Waals surface area (Å²) in [5.74, 6) is 1.23. The Morgan fingerprint density at radius 2 is 1.92 bits per heavy atom. The van der Waals surface area contributed by atoms with E-state index in [9.17, 15) is 4.39 Å². The van der Waals surface area contributed by atoms with E-state index in [-0.39, 0.29) is 5.82 Å². The van der Waals surface area contributed by atoms with Crippen molar-refractivity contribution in [2.24, 2.45) is 7.05 Å². The van der Waals surface area contributed by atoms with Gasteiger partial charge in [0.2, 0.25) is 0 Å². The van der Waals surface area contributed by atoms with E-state index in [1.54, 1.807) is 6.20 Å². The number of aromatic nitrogens is 7. The van der Waals surface area contributed by atoms with Crippen molar-refractivity contribution in [1.29, 1.82) is 0 Å². The maximum Gasteiger partial charge on any atom is 0.159 e. The van der Waals surface area contributed by atoms with Crippen LogP contribution in [-0.2, 0) is 7.05 Å². The zero-order valence-electron chi connectivity index (χ0n) is 21.7. The Balaban J connectivity index is 1.41. The van der Waals surface area contributed by atoms with Crippen LogP contribution in [0.2, 0.25) is 0 Å². The molecule has 0 atom stereocenters. The first-order chi connectivity index (χ1) is 18.4. The number of imidazole rings is 2. The van der Waals surface area contributed by atoms with Gasteiger partial charge < -0.3 is 19.8 Å². The Kier molecular flexibility index (Phi) is 5.88. The summed E-state index contributed by atoms with van der Waals surface area (Å²) < 4.78 is 16.6. The summed E-state index contributed by atoms with van der Waals surface area (Å²) >= 11 is 0. The van der Waals surface area contributed by atoms with Gasteiger partial charge in [-0.3, -0.25) is 10.1 Å². The van der Waals surface area contributed by atoms with Gasteiger partial charge in [-0.1, -0.05) is 12.1 Å². The number of pyridine rings is 1. The van der Waals surface area contributed by atoms with Gasteiger partial charge in [-0.05, 0) is 56.9 Å². The molecule has 0 bridgehead atoms. The van der Waals surface area contributed by atoms with E-state index in [1.807, 2.05) is 69.2 Å². The predicted molar refractivity (Wildman–Crippen MR) is 148 cm³/mol. The zero-order chi connectivity index (χ0) is 26.4. The first kappa shape index (κ1) is 23.8. The van der Waals surface area contributed by atoms with Gasteiger partial charge in [-0.2, -0.15) is 5.10 Å². The third-order valence-corrected chi connectivity index (χ3v) is 6.76. The van der Waals surface area contributed by atoms with Crippen molar-refractivity contribution in [3.05, 3.63) is 66.5 Å². The third-order valence-electron chi connectivity index (χ3n) is 6.76. The smallest absolute Gasteiger partial charge is 0.159 e. The molecule has 0 aliphatic rings. The van der Waals surface area contributed by atoms with Gasteiger partial charge in [-0.15, -0.1) is 0 Å². The fourth-order valence-electron chi connectivity index (χ4n) is 4.63. The number of fused-ring (bicyclic) bond motifs is 2. The lowest BCUT2D eigenvalue weighted by Crippen LogP contribution is -2.20. The molecule has 2 aromatic carbocycles. The van der Waals surface area contributed by atoms with Crippen molar-refractivity contribution >= 4 is 27.6 Å². The summed E-state index contributed by atoms with van der Waals surface area (Å²) in [6.45, 7) is 3.52. The molecule has 6 aromatic rings. The molecule has 0 radical (unpaired) electrons. The lowest BCUT2D eigenvalue weighted by Gasteiger charge is -2.13. The van der Waals surface area contributed by atoms with Gasteiger partial charge in [0.15, 0.2) is 5.82 Å². The Labute approximate surface area is 218 Å². The molecule has 0 unspecified atom stereocenters. The van der Waals surface area contributed by atoms with E-state index in [0.29, 0.717) is 18.1 Å². The quantitative estimate of drug-likeness (QED) is 0.280. The number of nitrogens with one attached hydrogen (secondary N) is 3. The van der Waals surface area contributed by atoms with Gasteiger partial charge in [0, 0.05) is 36.8 Å². The second-order valence-corrected chi connectivity index (χ2v) is 9.68. The van der Waals surface area contributed by atoms with E-state index in [1.165, 1.54) is 12.1 Å². The van der Waals surface area contributed by atoms with Crippen LogP contribution in [-0.4, -0.2) is 66.8 Å². The van der Waals surface area contributed by atoms with Crippen LogP contribution in [0, 0.1) is 12.7 Å². The van der Waals surface area contributed by atoms with Crippen LogP contribution in [0.3, 0.4) is 0 Å². The molecule has 0 fully saturated rings. The Morgan fingerprint density at radius 3 is 2.71 bits per heavy atom. The second-order valence-electron chi connectivity index (χ2n) is 9.68. The summed E-state index contributed by atoms with van der Waals surface area (Å²) in [7, 11) is 5.98. The highest BCUT2D eigenvalue weighted by molar-refractivity contribution is 5.98. The fraction of sp³-hybridized carbons (Fsp3) is 0.214. The number of nitrogens with zero attached hydrogens (tertiary/aromatic N) is 6. The average molecular weight is 510 g/mol.